The maximum Gasteiger partial charge on any atom is 0.415 e. The lowest BCUT2D eigenvalue weighted by Gasteiger charge is -2.41. The van der Waals surface area contributed by atoms with E-state index in [1.54, 1.807) is 4.57 Å². The van der Waals surface area contributed by atoms with Crippen LogP contribution in [-0.4, -0.2) is 86.6 Å². The van der Waals surface area contributed by atoms with Crippen molar-refractivity contribution in [3.63, 3.8) is 0 Å². The lowest BCUT2D eigenvalue weighted by Crippen LogP contribution is -2.56. The summed E-state index contributed by atoms with van der Waals surface area (Å²) in [4.78, 5) is 33.6. The summed E-state index contributed by atoms with van der Waals surface area (Å²) in [6.07, 6.45) is 3.36. The van der Waals surface area contributed by atoms with Crippen molar-refractivity contribution in [2.75, 3.05) is 45.8 Å². The fourth-order valence-corrected chi connectivity index (χ4v) is 5.40. The zero-order chi connectivity index (χ0) is 23.9. The zero-order valence-electron chi connectivity index (χ0n) is 19.2. The second-order valence-corrected chi connectivity index (χ2v) is 10.1. The van der Waals surface area contributed by atoms with Gasteiger partial charge in [-0.3, -0.25) is 9.47 Å². The summed E-state index contributed by atoms with van der Waals surface area (Å²) >= 11 is 6.00. The third-order valence-corrected chi connectivity index (χ3v) is 7.32. The summed E-state index contributed by atoms with van der Waals surface area (Å²) in [5.74, 6) is 0.280. The van der Waals surface area contributed by atoms with Crippen LogP contribution < -0.4 is 4.74 Å². The molecule has 11 heteroatoms. The first-order valence-electron chi connectivity index (χ1n) is 11.7. The van der Waals surface area contributed by atoms with Crippen molar-refractivity contribution < 1.29 is 14.5 Å². The molecule has 1 aromatic carbocycles. The molecule has 3 aliphatic rings. The number of carbonyl (C=O) groups is 1. The largest absolute Gasteiger partial charge is 0.436 e. The Morgan fingerprint density at radius 3 is 2.41 bits per heavy atom. The number of benzene rings is 1. The predicted molar refractivity (Wildman–Crippen MR) is 126 cm³/mol. The van der Waals surface area contributed by atoms with Crippen molar-refractivity contribution in [2.45, 2.75) is 37.8 Å². The standard InChI is InChI=1S/C23H29ClN6O4/c1-23(16-29-14-20(30(32)33)25-21(29)34-23)15-26-10-12-28(13-11-26)22(31)27-8-6-18(7-9-27)17-2-4-19(24)5-3-17/h2-5,14,18H,6-13,15-16H2,1H3/t23-/m0/s1. The molecular weight excluding hydrogens is 460 g/mol. The van der Waals surface area contributed by atoms with Gasteiger partial charge in [0.05, 0.1) is 6.54 Å². The van der Waals surface area contributed by atoms with E-state index in [1.165, 1.54) is 11.8 Å². The van der Waals surface area contributed by atoms with Crippen LogP contribution in [0.2, 0.25) is 5.02 Å². The van der Waals surface area contributed by atoms with Crippen LogP contribution in [-0.2, 0) is 6.54 Å². The third kappa shape index (κ3) is 4.69. The van der Waals surface area contributed by atoms with Crippen LogP contribution in [0.15, 0.2) is 30.5 Å². The van der Waals surface area contributed by atoms with E-state index in [0.717, 1.165) is 44.0 Å². The second-order valence-electron chi connectivity index (χ2n) is 9.68. The first kappa shape index (κ1) is 22.9. The van der Waals surface area contributed by atoms with Crippen molar-refractivity contribution in [1.29, 1.82) is 0 Å². The van der Waals surface area contributed by atoms with Crippen LogP contribution in [0, 0.1) is 10.1 Å². The van der Waals surface area contributed by atoms with Gasteiger partial charge in [-0.1, -0.05) is 23.7 Å². The van der Waals surface area contributed by atoms with Gasteiger partial charge in [0, 0.05) is 55.8 Å². The minimum atomic E-state index is -0.511. The molecule has 10 nitrogen and oxygen atoms in total. The fourth-order valence-electron chi connectivity index (χ4n) is 5.27. The molecule has 0 N–H and O–H groups in total. The van der Waals surface area contributed by atoms with Gasteiger partial charge in [0.15, 0.2) is 0 Å². The van der Waals surface area contributed by atoms with Crippen LogP contribution in [0.4, 0.5) is 10.6 Å². The molecule has 0 saturated carbocycles. The van der Waals surface area contributed by atoms with Gasteiger partial charge in [-0.15, -0.1) is 0 Å². The number of nitro groups is 1. The lowest BCUT2D eigenvalue weighted by atomic mass is 9.89. The van der Waals surface area contributed by atoms with Gasteiger partial charge in [0.1, 0.15) is 11.8 Å². The van der Waals surface area contributed by atoms with E-state index in [1.807, 2.05) is 28.9 Å². The number of halogens is 1. The summed E-state index contributed by atoms with van der Waals surface area (Å²) in [5.41, 5.74) is 0.803. The summed E-state index contributed by atoms with van der Waals surface area (Å²) in [5, 5.41) is 11.7. The van der Waals surface area contributed by atoms with Gasteiger partial charge in [-0.05, 0) is 48.3 Å². The molecule has 0 radical (unpaired) electrons. The van der Waals surface area contributed by atoms with Crippen LogP contribution in [0.1, 0.15) is 31.2 Å². The average molecular weight is 489 g/mol. The molecule has 0 bridgehead atoms. The highest BCUT2D eigenvalue weighted by Crippen LogP contribution is 2.32. The Kier molecular flexibility index (Phi) is 6.11. The van der Waals surface area contributed by atoms with E-state index in [4.69, 9.17) is 16.3 Å². The lowest BCUT2D eigenvalue weighted by molar-refractivity contribution is -0.389. The van der Waals surface area contributed by atoms with Gasteiger partial charge in [-0.25, -0.2) is 4.79 Å². The highest BCUT2D eigenvalue weighted by molar-refractivity contribution is 6.30. The Bertz CT molecular complexity index is 1030. The molecule has 0 unspecified atom stereocenters. The number of piperidine rings is 1. The number of imidazole rings is 1. The van der Waals surface area contributed by atoms with Crippen molar-refractivity contribution in [3.8, 4) is 6.01 Å². The summed E-state index contributed by atoms with van der Waals surface area (Å²) in [7, 11) is 0. The normalized spacial score (nSPS) is 23.6. The molecule has 2 saturated heterocycles. The fraction of sp³-hybridized carbons (Fsp3) is 0.565. The average Bonchev–Trinajstić information content (AvgIpc) is 3.35. The summed E-state index contributed by atoms with van der Waals surface area (Å²) in [6, 6.07) is 8.47. The van der Waals surface area contributed by atoms with E-state index in [9.17, 15) is 14.9 Å². The van der Waals surface area contributed by atoms with Gasteiger partial charge in [-0.2, -0.15) is 0 Å². The van der Waals surface area contributed by atoms with E-state index >= 15 is 0 Å². The second kappa shape index (κ2) is 9.07. The molecule has 1 aromatic heterocycles. The Morgan fingerprint density at radius 2 is 1.79 bits per heavy atom. The number of likely N-dealkylation sites (tertiary alicyclic amines) is 1. The Hall–Kier alpha value is -2.85. The van der Waals surface area contributed by atoms with Crippen molar-refractivity contribution in [2.24, 2.45) is 0 Å². The Morgan fingerprint density at radius 1 is 1.15 bits per heavy atom. The van der Waals surface area contributed by atoms with Crippen LogP contribution >= 0.6 is 11.6 Å². The molecular formula is C23H29ClN6O4. The number of ether oxygens (including phenoxy) is 1. The van der Waals surface area contributed by atoms with Crippen LogP contribution in [0.3, 0.4) is 0 Å². The molecule has 0 aliphatic carbocycles. The number of urea groups is 1. The smallest absolute Gasteiger partial charge is 0.415 e. The topological polar surface area (TPSA) is 97.0 Å². The minimum absolute atomic E-state index is 0.130. The first-order chi connectivity index (χ1) is 16.3. The molecule has 182 valence electrons. The first-order valence-corrected chi connectivity index (χ1v) is 12.1. The molecule has 0 spiro atoms. The number of aromatic nitrogens is 2. The monoisotopic (exact) mass is 488 g/mol. The van der Waals surface area contributed by atoms with Gasteiger partial charge >= 0.3 is 17.9 Å². The number of hydrogen-bond donors (Lipinski definition) is 0. The highest BCUT2D eigenvalue weighted by Gasteiger charge is 2.42. The van der Waals surface area contributed by atoms with E-state index in [0.29, 0.717) is 38.1 Å². The van der Waals surface area contributed by atoms with Crippen molar-refractivity contribution >= 4 is 23.4 Å². The molecule has 34 heavy (non-hydrogen) atoms. The van der Waals surface area contributed by atoms with E-state index in [2.05, 4.69) is 22.0 Å². The van der Waals surface area contributed by atoms with Crippen LogP contribution in [0.25, 0.3) is 0 Å². The molecule has 2 amide bonds. The van der Waals surface area contributed by atoms with Crippen molar-refractivity contribution in [3.05, 3.63) is 51.2 Å². The number of carbonyl (C=O) groups excluding carboxylic acids is 1. The molecule has 2 fully saturated rings. The zero-order valence-corrected chi connectivity index (χ0v) is 20.0. The van der Waals surface area contributed by atoms with E-state index < -0.39 is 10.5 Å². The number of piperazine rings is 1. The van der Waals surface area contributed by atoms with E-state index in [-0.39, 0.29) is 11.8 Å². The Labute approximate surface area is 203 Å². The maximum atomic E-state index is 13.1. The Balaban J connectivity index is 1.08. The number of fused-ring (bicyclic) bond motifs is 1. The maximum absolute atomic E-state index is 13.1. The number of nitrogens with zero attached hydrogens (tertiary/aromatic N) is 6. The highest BCUT2D eigenvalue weighted by atomic mass is 35.5. The quantitative estimate of drug-likeness (QED) is 0.484. The third-order valence-electron chi connectivity index (χ3n) is 7.06. The molecule has 5 rings (SSSR count). The minimum Gasteiger partial charge on any atom is -0.436 e. The predicted octanol–water partition coefficient (Wildman–Crippen LogP) is 3.21. The van der Waals surface area contributed by atoms with Crippen LogP contribution in [0.5, 0.6) is 6.01 Å². The number of hydrogen-bond acceptors (Lipinski definition) is 6. The molecule has 2 aromatic rings. The van der Waals surface area contributed by atoms with Gasteiger partial charge in [0.25, 0.3) is 0 Å². The SMILES string of the molecule is C[C@]1(CN2CCN(C(=O)N3CCC(c4ccc(Cl)cc4)CC3)CC2)Cn2cc([N+](=O)[O-])nc2O1. The van der Waals surface area contributed by atoms with Gasteiger partial charge in [0.2, 0.25) is 0 Å². The molecule has 3 aliphatic heterocycles. The number of rotatable bonds is 4. The molecule has 1 atom stereocenters. The molecule has 4 heterocycles. The number of amides is 2. The van der Waals surface area contributed by atoms with Crippen molar-refractivity contribution in [1.82, 2.24) is 24.3 Å². The summed E-state index contributed by atoms with van der Waals surface area (Å²) in [6.45, 7) is 7.65. The van der Waals surface area contributed by atoms with Gasteiger partial charge < -0.3 is 24.7 Å². The summed E-state index contributed by atoms with van der Waals surface area (Å²) < 4.78 is 7.66.